The van der Waals surface area contributed by atoms with Crippen molar-refractivity contribution >= 4 is 39.9 Å². The molecule has 0 radical (unpaired) electrons. The zero-order chi connectivity index (χ0) is 13.1. The number of aryl methyl sites for hydroxylation is 2. The summed E-state index contributed by atoms with van der Waals surface area (Å²) >= 11 is 11.6. The molecule has 0 fully saturated rings. The fourth-order valence-corrected chi connectivity index (χ4v) is 2.49. The first-order valence-electron chi connectivity index (χ1n) is 5.97. The maximum atomic E-state index is 5.82. The highest BCUT2D eigenvalue weighted by atomic mass is 35.5. The normalized spacial score (nSPS) is 11.1. The third kappa shape index (κ3) is 2.57. The van der Waals surface area contributed by atoms with Gasteiger partial charge in [0.15, 0.2) is 0 Å². The number of aromatic nitrogens is 2. The summed E-state index contributed by atoms with van der Waals surface area (Å²) in [5.41, 5.74) is 3.29. The minimum Gasteiger partial charge on any atom is -0.369 e. The van der Waals surface area contributed by atoms with Crippen LogP contribution in [0.2, 0.25) is 0 Å². The number of anilines is 1. The third-order valence-corrected chi connectivity index (χ3v) is 3.50. The molecule has 0 spiro atoms. The average molecular weight is 286 g/mol. The van der Waals surface area contributed by atoms with E-state index in [0.717, 1.165) is 35.6 Å². The Hall–Kier alpha value is -0.930. The topological polar surface area (TPSA) is 21.1 Å². The fraction of sp³-hybridized carbons (Fsp3) is 0.462. The third-order valence-electron chi connectivity index (χ3n) is 3.16. The summed E-state index contributed by atoms with van der Waals surface area (Å²) in [6.07, 6.45) is 0. The largest absolute Gasteiger partial charge is 0.369 e. The zero-order valence-corrected chi connectivity index (χ0v) is 12.2. The van der Waals surface area contributed by atoms with E-state index in [1.807, 2.05) is 14.0 Å². The monoisotopic (exact) mass is 285 g/mol. The van der Waals surface area contributed by atoms with Crippen LogP contribution in [0.25, 0.3) is 11.0 Å². The highest BCUT2D eigenvalue weighted by Gasteiger charge is 2.09. The Labute approximate surface area is 117 Å². The van der Waals surface area contributed by atoms with Gasteiger partial charge >= 0.3 is 0 Å². The fourth-order valence-electron chi connectivity index (χ4n) is 2.08. The standard InChI is InChI=1S/C13H17Cl2N3/c1-10-16-12-9-11(3-4-13(12)17(10)2)18(7-5-14)8-6-15/h3-4,9H,5-8H2,1-2H3. The quantitative estimate of drug-likeness (QED) is 0.787. The van der Waals surface area contributed by atoms with E-state index < -0.39 is 0 Å². The Balaban J connectivity index is 2.38. The second kappa shape index (κ2) is 5.81. The summed E-state index contributed by atoms with van der Waals surface area (Å²) in [5.74, 6) is 2.20. The Morgan fingerprint density at radius 1 is 1.22 bits per heavy atom. The van der Waals surface area contributed by atoms with Gasteiger partial charge in [0.25, 0.3) is 0 Å². The lowest BCUT2D eigenvalue weighted by Gasteiger charge is -2.22. The van der Waals surface area contributed by atoms with Crippen molar-refractivity contribution in [2.75, 3.05) is 29.7 Å². The van der Waals surface area contributed by atoms with E-state index in [9.17, 15) is 0 Å². The number of hydrogen-bond acceptors (Lipinski definition) is 2. The van der Waals surface area contributed by atoms with Gasteiger partial charge in [0.1, 0.15) is 5.82 Å². The van der Waals surface area contributed by atoms with Gasteiger partial charge in [-0.3, -0.25) is 0 Å². The van der Waals surface area contributed by atoms with Crippen LogP contribution in [0.5, 0.6) is 0 Å². The van der Waals surface area contributed by atoms with Gasteiger partial charge < -0.3 is 9.47 Å². The SMILES string of the molecule is Cc1nc2cc(N(CCCl)CCCl)ccc2n1C. The van der Waals surface area contributed by atoms with Crippen LogP contribution in [0, 0.1) is 6.92 Å². The molecule has 5 heteroatoms. The Morgan fingerprint density at radius 2 is 1.89 bits per heavy atom. The summed E-state index contributed by atoms with van der Waals surface area (Å²) in [6.45, 7) is 3.60. The van der Waals surface area contributed by atoms with Crippen LogP contribution >= 0.6 is 23.2 Å². The lowest BCUT2D eigenvalue weighted by molar-refractivity contribution is 0.874. The molecule has 98 valence electrons. The summed E-state index contributed by atoms with van der Waals surface area (Å²) in [7, 11) is 2.03. The van der Waals surface area contributed by atoms with Crippen molar-refractivity contribution < 1.29 is 0 Å². The predicted octanol–water partition coefficient (Wildman–Crippen LogP) is 3.17. The minimum absolute atomic E-state index is 0.593. The first-order valence-corrected chi connectivity index (χ1v) is 7.04. The molecule has 2 rings (SSSR count). The van der Waals surface area contributed by atoms with Crippen LogP contribution in [0.4, 0.5) is 5.69 Å². The number of alkyl halides is 2. The number of benzene rings is 1. The molecule has 0 aliphatic heterocycles. The molecule has 0 atom stereocenters. The number of rotatable bonds is 5. The maximum Gasteiger partial charge on any atom is 0.106 e. The number of imidazole rings is 1. The first kappa shape index (κ1) is 13.5. The maximum absolute atomic E-state index is 5.82. The summed E-state index contributed by atoms with van der Waals surface area (Å²) < 4.78 is 2.09. The van der Waals surface area contributed by atoms with Gasteiger partial charge in [0.2, 0.25) is 0 Å². The first-order chi connectivity index (χ1) is 8.67. The lowest BCUT2D eigenvalue weighted by Crippen LogP contribution is -2.27. The highest BCUT2D eigenvalue weighted by molar-refractivity contribution is 6.18. The van der Waals surface area contributed by atoms with Crippen LogP contribution in [0.3, 0.4) is 0 Å². The second-order valence-corrected chi connectivity index (χ2v) is 5.01. The molecule has 1 aromatic carbocycles. The molecule has 0 aliphatic rings. The van der Waals surface area contributed by atoms with Crippen LogP contribution in [-0.4, -0.2) is 34.4 Å². The van der Waals surface area contributed by atoms with Crippen molar-refractivity contribution in [3.05, 3.63) is 24.0 Å². The second-order valence-electron chi connectivity index (χ2n) is 4.26. The number of nitrogens with zero attached hydrogens (tertiary/aromatic N) is 3. The van der Waals surface area contributed by atoms with E-state index in [4.69, 9.17) is 23.2 Å². The van der Waals surface area contributed by atoms with E-state index >= 15 is 0 Å². The summed E-state index contributed by atoms with van der Waals surface area (Å²) in [5, 5.41) is 0. The van der Waals surface area contributed by atoms with Crippen LogP contribution in [0.15, 0.2) is 18.2 Å². The van der Waals surface area contributed by atoms with Crippen molar-refractivity contribution in [3.63, 3.8) is 0 Å². The van der Waals surface area contributed by atoms with E-state index in [2.05, 4.69) is 32.7 Å². The van der Waals surface area contributed by atoms with E-state index in [0.29, 0.717) is 11.8 Å². The van der Waals surface area contributed by atoms with Gasteiger partial charge in [0, 0.05) is 37.6 Å². The van der Waals surface area contributed by atoms with Crippen molar-refractivity contribution in [3.8, 4) is 0 Å². The molecule has 1 heterocycles. The number of hydrogen-bond donors (Lipinski definition) is 0. The lowest BCUT2D eigenvalue weighted by atomic mass is 10.2. The van der Waals surface area contributed by atoms with Gasteiger partial charge in [0.05, 0.1) is 11.0 Å². The molecule has 0 unspecified atom stereocenters. The van der Waals surface area contributed by atoms with Crippen molar-refractivity contribution in [1.82, 2.24) is 9.55 Å². The molecule has 3 nitrogen and oxygen atoms in total. The van der Waals surface area contributed by atoms with Crippen LogP contribution in [0.1, 0.15) is 5.82 Å². The van der Waals surface area contributed by atoms with Gasteiger partial charge in [-0.05, 0) is 25.1 Å². The molecule has 0 amide bonds. The van der Waals surface area contributed by atoms with Gasteiger partial charge in [-0.25, -0.2) is 4.98 Å². The van der Waals surface area contributed by atoms with E-state index in [-0.39, 0.29) is 0 Å². The van der Waals surface area contributed by atoms with Crippen LogP contribution < -0.4 is 4.90 Å². The van der Waals surface area contributed by atoms with Crippen molar-refractivity contribution in [2.45, 2.75) is 6.92 Å². The molecule has 0 aliphatic carbocycles. The summed E-state index contributed by atoms with van der Waals surface area (Å²) in [4.78, 5) is 6.73. The molecule has 0 N–H and O–H groups in total. The van der Waals surface area contributed by atoms with E-state index in [1.54, 1.807) is 0 Å². The number of halogens is 2. The predicted molar refractivity (Wildman–Crippen MR) is 79.1 cm³/mol. The molecule has 0 saturated carbocycles. The van der Waals surface area contributed by atoms with Gasteiger partial charge in [-0.1, -0.05) is 0 Å². The van der Waals surface area contributed by atoms with Gasteiger partial charge in [-0.15, -0.1) is 23.2 Å². The average Bonchev–Trinajstić information content (AvgIpc) is 2.64. The van der Waals surface area contributed by atoms with Gasteiger partial charge in [-0.2, -0.15) is 0 Å². The zero-order valence-electron chi connectivity index (χ0n) is 10.7. The molecule has 2 aromatic rings. The molecule has 1 aromatic heterocycles. The van der Waals surface area contributed by atoms with E-state index in [1.165, 1.54) is 0 Å². The molecule has 0 saturated heterocycles. The van der Waals surface area contributed by atoms with Crippen molar-refractivity contribution in [2.24, 2.45) is 7.05 Å². The Morgan fingerprint density at radius 3 is 2.50 bits per heavy atom. The molecule has 0 bridgehead atoms. The minimum atomic E-state index is 0.593. The molecule has 18 heavy (non-hydrogen) atoms. The number of fused-ring (bicyclic) bond motifs is 1. The Kier molecular flexibility index (Phi) is 4.36. The Bertz CT molecular complexity index is 530. The molecular formula is C13H17Cl2N3. The van der Waals surface area contributed by atoms with Crippen molar-refractivity contribution in [1.29, 1.82) is 0 Å². The summed E-state index contributed by atoms with van der Waals surface area (Å²) in [6, 6.07) is 6.30. The smallest absolute Gasteiger partial charge is 0.106 e. The van der Waals surface area contributed by atoms with Crippen LogP contribution in [-0.2, 0) is 7.05 Å². The molecular weight excluding hydrogens is 269 g/mol. The highest BCUT2D eigenvalue weighted by Crippen LogP contribution is 2.22.